The highest BCUT2D eigenvalue weighted by atomic mass is 32.1. The molecular weight excluding hydrogens is 260 g/mol. The van der Waals surface area contributed by atoms with Crippen molar-refractivity contribution in [3.63, 3.8) is 0 Å². The third kappa shape index (κ3) is 3.03. The van der Waals surface area contributed by atoms with E-state index >= 15 is 0 Å². The molecule has 0 aliphatic carbocycles. The first kappa shape index (κ1) is 13.4. The minimum Gasteiger partial charge on any atom is -0.489 e. The van der Waals surface area contributed by atoms with Gasteiger partial charge in [0.15, 0.2) is 0 Å². The molecule has 2 rings (SSSR count). The lowest BCUT2D eigenvalue weighted by molar-refractivity contribution is 0.231. The molecule has 94 valence electrons. The van der Waals surface area contributed by atoms with Gasteiger partial charge in [-0.25, -0.2) is 0 Å². The van der Waals surface area contributed by atoms with Gasteiger partial charge in [-0.2, -0.15) is 0 Å². The molecule has 2 aromatic rings. The Hall–Kier alpha value is -1.06. The monoisotopic (exact) mass is 276 g/mol. The van der Waals surface area contributed by atoms with Crippen molar-refractivity contribution in [2.75, 3.05) is 0 Å². The summed E-state index contributed by atoms with van der Waals surface area (Å²) in [5, 5.41) is 0. The summed E-state index contributed by atoms with van der Waals surface area (Å²) in [6.45, 7) is 3.98. The van der Waals surface area contributed by atoms with Crippen LogP contribution in [0.5, 0.6) is 5.75 Å². The molecule has 0 aromatic heterocycles. The molecule has 0 saturated heterocycles. The van der Waals surface area contributed by atoms with Gasteiger partial charge in [-0.3, -0.25) is 0 Å². The van der Waals surface area contributed by atoms with Crippen molar-refractivity contribution in [3.8, 4) is 16.9 Å². The Bertz CT molecular complexity index is 512. The van der Waals surface area contributed by atoms with Crippen LogP contribution in [-0.2, 0) is 0 Å². The second kappa shape index (κ2) is 5.72. The average Bonchev–Trinajstić information content (AvgIpc) is 2.34. The molecule has 18 heavy (non-hydrogen) atoms. The van der Waals surface area contributed by atoms with Crippen LogP contribution >= 0.6 is 25.3 Å². The maximum Gasteiger partial charge on any atom is 0.146 e. The predicted molar refractivity (Wildman–Crippen MR) is 82.1 cm³/mol. The lowest BCUT2D eigenvalue weighted by atomic mass is 10.1. The van der Waals surface area contributed by atoms with Gasteiger partial charge in [0.05, 0.1) is 6.10 Å². The summed E-state index contributed by atoms with van der Waals surface area (Å²) in [6, 6.07) is 14.2. The zero-order valence-electron chi connectivity index (χ0n) is 10.4. The van der Waals surface area contributed by atoms with E-state index in [0.717, 1.165) is 26.7 Å². The Kier molecular flexibility index (Phi) is 4.25. The molecule has 0 aliphatic heterocycles. The van der Waals surface area contributed by atoms with Gasteiger partial charge in [-0.1, -0.05) is 30.3 Å². The van der Waals surface area contributed by atoms with Crippen LogP contribution in [0, 0.1) is 0 Å². The van der Waals surface area contributed by atoms with Crippen LogP contribution in [0.3, 0.4) is 0 Å². The van der Waals surface area contributed by atoms with Gasteiger partial charge in [0, 0.05) is 9.79 Å². The highest BCUT2D eigenvalue weighted by molar-refractivity contribution is 7.81. The molecule has 0 atom stereocenters. The molecule has 0 N–H and O–H groups in total. The standard InChI is InChI=1S/C15H16OS2/c1-10(2)16-15-13(17)8-12(9-14(15)18)11-6-4-3-5-7-11/h3-10,17-18H,1-2H3. The van der Waals surface area contributed by atoms with Gasteiger partial charge in [0.1, 0.15) is 5.75 Å². The van der Waals surface area contributed by atoms with Gasteiger partial charge in [0.2, 0.25) is 0 Å². The summed E-state index contributed by atoms with van der Waals surface area (Å²) in [7, 11) is 0. The normalized spacial score (nSPS) is 10.7. The molecule has 1 nitrogen and oxygen atoms in total. The summed E-state index contributed by atoms with van der Waals surface area (Å²) in [6.07, 6.45) is 0.115. The van der Waals surface area contributed by atoms with Gasteiger partial charge in [-0.05, 0) is 37.1 Å². The second-order valence-corrected chi connectivity index (χ2v) is 5.34. The third-order valence-corrected chi connectivity index (χ3v) is 3.17. The predicted octanol–water partition coefficient (Wildman–Crippen LogP) is 4.72. The van der Waals surface area contributed by atoms with Crippen molar-refractivity contribution in [1.82, 2.24) is 0 Å². The quantitative estimate of drug-likeness (QED) is 0.771. The van der Waals surface area contributed by atoms with E-state index in [4.69, 9.17) is 4.74 Å². The molecule has 0 saturated carbocycles. The fourth-order valence-corrected chi connectivity index (χ4v) is 2.46. The molecule has 0 unspecified atom stereocenters. The van der Waals surface area contributed by atoms with Gasteiger partial charge in [-0.15, -0.1) is 25.3 Å². The van der Waals surface area contributed by atoms with Crippen molar-refractivity contribution in [3.05, 3.63) is 42.5 Å². The fourth-order valence-electron chi connectivity index (χ4n) is 1.75. The SMILES string of the molecule is CC(C)Oc1c(S)cc(-c2ccccc2)cc1S. The Labute approximate surface area is 119 Å². The summed E-state index contributed by atoms with van der Waals surface area (Å²) in [4.78, 5) is 1.63. The van der Waals surface area contributed by atoms with Gasteiger partial charge >= 0.3 is 0 Å². The Morgan fingerprint density at radius 3 is 1.94 bits per heavy atom. The number of hydrogen-bond donors (Lipinski definition) is 2. The highest BCUT2D eigenvalue weighted by Crippen LogP contribution is 2.35. The maximum atomic E-state index is 5.71. The topological polar surface area (TPSA) is 9.23 Å². The van der Waals surface area contributed by atoms with Crippen LogP contribution in [0.2, 0.25) is 0 Å². The van der Waals surface area contributed by atoms with E-state index in [1.54, 1.807) is 0 Å². The number of benzene rings is 2. The Balaban J connectivity index is 2.43. The maximum absolute atomic E-state index is 5.71. The second-order valence-electron chi connectivity index (χ2n) is 4.38. The van der Waals surface area contributed by atoms with E-state index in [-0.39, 0.29) is 6.10 Å². The molecular formula is C15H16OS2. The van der Waals surface area contributed by atoms with E-state index in [2.05, 4.69) is 37.4 Å². The van der Waals surface area contributed by atoms with Crippen LogP contribution in [0.25, 0.3) is 11.1 Å². The van der Waals surface area contributed by atoms with Crippen LogP contribution in [-0.4, -0.2) is 6.10 Å². The van der Waals surface area contributed by atoms with Crippen LogP contribution in [0.15, 0.2) is 52.3 Å². The molecule has 0 amide bonds. The van der Waals surface area contributed by atoms with Crippen molar-refractivity contribution in [2.45, 2.75) is 29.7 Å². The van der Waals surface area contributed by atoms with Gasteiger partial charge < -0.3 is 4.74 Å². The first-order valence-corrected chi connectivity index (χ1v) is 6.75. The number of hydrogen-bond acceptors (Lipinski definition) is 3. The molecule has 0 aliphatic rings. The van der Waals surface area contributed by atoms with E-state index in [0.29, 0.717) is 0 Å². The Morgan fingerprint density at radius 2 is 1.44 bits per heavy atom. The van der Waals surface area contributed by atoms with Crippen LogP contribution in [0.1, 0.15) is 13.8 Å². The number of ether oxygens (including phenoxy) is 1. The molecule has 2 aromatic carbocycles. The lowest BCUT2D eigenvalue weighted by Gasteiger charge is -2.15. The number of rotatable bonds is 3. The van der Waals surface area contributed by atoms with Crippen molar-refractivity contribution < 1.29 is 4.74 Å². The van der Waals surface area contributed by atoms with Crippen molar-refractivity contribution in [1.29, 1.82) is 0 Å². The average molecular weight is 276 g/mol. The molecule has 0 fully saturated rings. The van der Waals surface area contributed by atoms with E-state index in [1.165, 1.54) is 0 Å². The largest absolute Gasteiger partial charge is 0.489 e. The zero-order chi connectivity index (χ0) is 13.1. The summed E-state index contributed by atoms with van der Waals surface area (Å²) < 4.78 is 5.71. The minimum absolute atomic E-state index is 0.115. The summed E-state index contributed by atoms with van der Waals surface area (Å²) >= 11 is 8.98. The minimum atomic E-state index is 0.115. The van der Waals surface area contributed by atoms with E-state index in [9.17, 15) is 0 Å². The van der Waals surface area contributed by atoms with E-state index < -0.39 is 0 Å². The summed E-state index contributed by atoms with van der Waals surface area (Å²) in [5.74, 6) is 0.747. The lowest BCUT2D eigenvalue weighted by Crippen LogP contribution is -2.06. The molecule has 0 spiro atoms. The zero-order valence-corrected chi connectivity index (χ0v) is 12.2. The Morgan fingerprint density at radius 1 is 0.889 bits per heavy atom. The van der Waals surface area contributed by atoms with Crippen molar-refractivity contribution >= 4 is 25.3 Å². The fraction of sp³-hybridized carbons (Fsp3) is 0.200. The first-order chi connectivity index (χ1) is 8.58. The highest BCUT2D eigenvalue weighted by Gasteiger charge is 2.10. The molecule has 0 bridgehead atoms. The molecule has 3 heteroatoms. The number of thiol groups is 2. The first-order valence-electron chi connectivity index (χ1n) is 5.86. The van der Waals surface area contributed by atoms with E-state index in [1.807, 2.05) is 44.2 Å². The van der Waals surface area contributed by atoms with Crippen molar-refractivity contribution in [2.24, 2.45) is 0 Å². The summed E-state index contributed by atoms with van der Waals surface area (Å²) in [5.41, 5.74) is 2.25. The van der Waals surface area contributed by atoms with Gasteiger partial charge in [0.25, 0.3) is 0 Å². The van der Waals surface area contributed by atoms with Crippen LogP contribution < -0.4 is 4.74 Å². The van der Waals surface area contributed by atoms with Crippen LogP contribution in [0.4, 0.5) is 0 Å². The molecule has 0 heterocycles. The molecule has 0 radical (unpaired) electrons. The smallest absolute Gasteiger partial charge is 0.146 e. The third-order valence-electron chi connectivity index (χ3n) is 2.51.